The molecule has 0 saturated carbocycles. The van der Waals surface area contributed by atoms with Crippen molar-refractivity contribution < 1.29 is 4.39 Å². The second kappa shape index (κ2) is 9.87. The van der Waals surface area contributed by atoms with Crippen LogP contribution in [0.4, 0.5) is 4.39 Å². The topological polar surface area (TPSA) is 36.4 Å². The summed E-state index contributed by atoms with van der Waals surface area (Å²) in [5.41, 5.74) is 0.708. The summed E-state index contributed by atoms with van der Waals surface area (Å²) in [5.74, 6) is 0.532. The smallest absolute Gasteiger partial charge is 0.191 e. The number of hydrogen-bond acceptors (Lipinski definition) is 1. The van der Waals surface area contributed by atoms with E-state index in [2.05, 4.69) is 22.2 Å². The summed E-state index contributed by atoms with van der Waals surface area (Å²) in [5, 5.41) is 6.15. The van der Waals surface area contributed by atoms with Crippen LogP contribution >= 0.6 is 24.0 Å². The molecule has 5 heteroatoms. The van der Waals surface area contributed by atoms with Crippen LogP contribution in [0.25, 0.3) is 0 Å². The molecule has 0 unspecified atom stereocenters. The van der Waals surface area contributed by atoms with E-state index in [0.717, 1.165) is 0 Å². The number of guanidine groups is 1. The summed E-state index contributed by atoms with van der Waals surface area (Å²) < 4.78 is 13.3. The summed E-state index contributed by atoms with van der Waals surface area (Å²) in [7, 11) is 1.70. The molecule has 1 rings (SSSR count). The van der Waals surface area contributed by atoms with Crippen molar-refractivity contribution >= 4 is 29.9 Å². The fourth-order valence-corrected chi connectivity index (χ4v) is 1.41. The Morgan fingerprint density at radius 2 is 2.11 bits per heavy atom. The minimum Gasteiger partial charge on any atom is -0.356 e. The zero-order valence-corrected chi connectivity index (χ0v) is 12.8. The van der Waals surface area contributed by atoms with Gasteiger partial charge in [-0.2, -0.15) is 0 Å². The van der Waals surface area contributed by atoms with E-state index >= 15 is 0 Å². The fraction of sp³-hybridized carbons (Fsp3) is 0.308. The van der Waals surface area contributed by atoms with E-state index in [4.69, 9.17) is 0 Å². The predicted molar refractivity (Wildman–Crippen MR) is 85.1 cm³/mol. The highest BCUT2D eigenvalue weighted by molar-refractivity contribution is 14.0. The molecule has 2 N–H and O–H groups in total. The third kappa shape index (κ3) is 6.00. The predicted octanol–water partition coefficient (Wildman–Crippen LogP) is 2.34. The van der Waals surface area contributed by atoms with Crippen LogP contribution in [-0.4, -0.2) is 26.1 Å². The van der Waals surface area contributed by atoms with E-state index in [1.165, 1.54) is 6.07 Å². The Labute approximate surface area is 125 Å². The fourth-order valence-electron chi connectivity index (χ4n) is 1.41. The number of nitrogens with one attached hydrogen (secondary N) is 2. The molecule has 0 bridgehead atoms. The molecule has 18 heavy (non-hydrogen) atoms. The number of halogens is 2. The third-order valence-electron chi connectivity index (χ3n) is 2.28. The maximum absolute atomic E-state index is 13.3. The molecule has 0 spiro atoms. The molecule has 0 atom stereocenters. The van der Waals surface area contributed by atoms with Gasteiger partial charge in [-0.1, -0.05) is 24.3 Å². The monoisotopic (exact) mass is 363 g/mol. The van der Waals surface area contributed by atoms with Crippen LogP contribution < -0.4 is 10.6 Å². The molecule has 1 aromatic rings. The Morgan fingerprint density at radius 3 is 2.72 bits per heavy atom. The van der Waals surface area contributed by atoms with Crippen LogP contribution in [0, 0.1) is 5.82 Å². The average Bonchev–Trinajstić information content (AvgIpc) is 2.35. The number of nitrogens with zero attached hydrogens (tertiary/aromatic N) is 1. The molecule has 0 aromatic heterocycles. The number of aliphatic imine (C=N–C) groups is 1. The second-order valence-corrected chi connectivity index (χ2v) is 3.51. The van der Waals surface area contributed by atoms with E-state index in [0.29, 0.717) is 31.0 Å². The normalized spacial score (nSPS) is 10.4. The van der Waals surface area contributed by atoms with Gasteiger partial charge in [0.1, 0.15) is 5.82 Å². The van der Waals surface area contributed by atoms with Gasteiger partial charge in [-0.25, -0.2) is 4.39 Å². The Balaban J connectivity index is 0.00000289. The quantitative estimate of drug-likeness (QED) is 0.365. The molecule has 0 aliphatic carbocycles. The molecular weight excluding hydrogens is 344 g/mol. The highest BCUT2D eigenvalue weighted by atomic mass is 127. The van der Waals surface area contributed by atoms with Crippen LogP contribution in [0.1, 0.15) is 5.56 Å². The number of rotatable bonds is 5. The maximum Gasteiger partial charge on any atom is 0.191 e. The Morgan fingerprint density at radius 1 is 1.39 bits per heavy atom. The molecule has 1 aromatic carbocycles. The molecule has 0 heterocycles. The molecule has 100 valence electrons. The summed E-state index contributed by atoms with van der Waals surface area (Å²) in [6.45, 7) is 4.90. The minimum absolute atomic E-state index is 0. The molecule has 0 amide bonds. The molecule has 3 nitrogen and oxygen atoms in total. The number of hydrogen-bond donors (Lipinski definition) is 2. The lowest BCUT2D eigenvalue weighted by molar-refractivity contribution is 0.607. The SMILES string of the molecule is C=CCNC(=NC)NCCc1ccccc1F.I. The number of benzene rings is 1. The minimum atomic E-state index is -0.164. The van der Waals surface area contributed by atoms with E-state index in [-0.39, 0.29) is 29.8 Å². The van der Waals surface area contributed by atoms with Gasteiger partial charge in [-0.05, 0) is 18.1 Å². The van der Waals surface area contributed by atoms with E-state index < -0.39 is 0 Å². The van der Waals surface area contributed by atoms with Crippen molar-refractivity contribution in [2.75, 3.05) is 20.1 Å². The van der Waals surface area contributed by atoms with Crippen molar-refractivity contribution in [2.45, 2.75) is 6.42 Å². The van der Waals surface area contributed by atoms with Crippen molar-refractivity contribution in [3.05, 3.63) is 48.3 Å². The van der Waals surface area contributed by atoms with Gasteiger partial charge in [0.15, 0.2) is 5.96 Å². The largest absolute Gasteiger partial charge is 0.356 e. The molecule has 0 fully saturated rings. The highest BCUT2D eigenvalue weighted by Gasteiger charge is 2.00. The van der Waals surface area contributed by atoms with Crippen molar-refractivity contribution in [2.24, 2.45) is 4.99 Å². The van der Waals surface area contributed by atoms with Gasteiger partial charge < -0.3 is 10.6 Å². The molecule has 0 aliphatic heterocycles. The third-order valence-corrected chi connectivity index (χ3v) is 2.28. The summed E-state index contributed by atoms with van der Waals surface area (Å²) in [6, 6.07) is 6.79. The van der Waals surface area contributed by atoms with Gasteiger partial charge in [0.25, 0.3) is 0 Å². The molecule has 0 saturated heterocycles. The van der Waals surface area contributed by atoms with Gasteiger partial charge in [0.05, 0.1) is 0 Å². The van der Waals surface area contributed by atoms with Crippen molar-refractivity contribution in [1.29, 1.82) is 0 Å². The van der Waals surface area contributed by atoms with Gasteiger partial charge in [-0.15, -0.1) is 30.6 Å². The van der Waals surface area contributed by atoms with Gasteiger partial charge in [-0.3, -0.25) is 4.99 Å². The first-order valence-corrected chi connectivity index (χ1v) is 5.56. The first-order chi connectivity index (χ1) is 8.27. The summed E-state index contributed by atoms with van der Waals surface area (Å²) >= 11 is 0. The van der Waals surface area contributed by atoms with E-state index in [1.54, 1.807) is 25.3 Å². The maximum atomic E-state index is 13.3. The van der Waals surface area contributed by atoms with Crippen molar-refractivity contribution in [1.82, 2.24) is 10.6 Å². The first kappa shape index (κ1) is 16.9. The lowest BCUT2D eigenvalue weighted by Crippen LogP contribution is -2.38. The Kier molecular flexibility index (Phi) is 9.26. The molecule has 0 radical (unpaired) electrons. The van der Waals surface area contributed by atoms with E-state index in [9.17, 15) is 4.39 Å². The highest BCUT2D eigenvalue weighted by Crippen LogP contribution is 2.05. The van der Waals surface area contributed by atoms with Gasteiger partial charge in [0, 0.05) is 20.1 Å². The summed E-state index contributed by atoms with van der Waals surface area (Å²) in [4.78, 5) is 4.03. The van der Waals surface area contributed by atoms with Crippen LogP contribution in [0.5, 0.6) is 0 Å². The zero-order chi connectivity index (χ0) is 12.5. The average molecular weight is 363 g/mol. The Hall–Kier alpha value is -1.11. The van der Waals surface area contributed by atoms with Gasteiger partial charge >= 0.3 is 0 Å². The molecule has 0 aliphatic rings. The van der Waals surface area contributed by atoms with Crippen molar-refractivity contribution in [3.63, 3.8) is 0 Å². The standard InChI is InChI=1S/C13H18FN3.HI/c1-3-9-16-13(15-2)17-10-8-11-6-4-5-7-12(11)14;/h3-7H,1,8-10H2,2H3,(H2,15,16,17);1H. The zero-order valence-electron chi connectivity index (χ0n) is 10.4. The summed E-state index contributed by atoms with van der Waals surface area (Å²) in [6.07, 6.45) is 2.38. The van der Waals surface area contributed by atoms with Crippen LogP contribution in [0.3, 0.4) is 0 Å². The first-order valence-electron chi connectivity index (χ1n) is 5.56. The van der Waals surface area contributed by atoms with Gasteiger partial charge in [0.2, 0.25) is 0 Å². The van der Waals surface area contributed by atoms with Crippen LogP contribution in [0.2, 0.25) is 0 Å². The van der Waals surface area contributed by atoms with Crippen molar-refractivity contribution in [3.8, 4) is 0 Å². The lowest BCUT2D eigenvalue weighted by atomic mass is 10.1. The van der Waals surface area contributed by atoms with Crippen LogP contribution in [0.15, 0.2) is 41.9 Å². The van der Waals surface area contributed by atoms with E-state index in [1.807, 2.05) is 6.07 Å². The molecular formula is C13H19FIN3. The second-order valence-electron chi connectivity index (χ2n) is 3.51. The Bertz CT molecular complexity index is 394. The van der Waals surface area contributed by atoms with Crippen LogP contribution in [-0.2, 0) is 6.42 Å². The lowest BCUT2D eigenvalue weighted by Gasteiger charge is -2.10.